The maximum atomic E-state index is 6.07. The monoisotopic (exact) mass is 242 g/mol. The van der Waals surface area contributed by atoms with Crippen LogP contribution in [0.15, 0.2) is 42.5 Å². The van der Waals surface area contributed by atoms with Crippen LogP contribution >= 0.6 is 0 Å². The summed E-state index contributed by atoms with van der Waals surface area (Å²) in [6, 6.07) is 13.9. The highest BCUT2D eigenvalue weighted by atomic mass is 16.5. The first-order valence-electron chi connectivity index (χ1n) is 6.05. The molecule has 0 aromatic heterocycles. The molecule has 0 atom stereocenters. The van der Waals surface area contributed by atoms with Gasteiger partial charge in [-0.1, -0.05) is 18.2 Å². The van der Waals surface area contributed by atoms with Gasteiger partial charge in [0.25, 0.3) is 0 Å². The molecule has 0 heterocycles. The molecule has 0 radical (unpaired) electrons. The Kier molecular flexibility index (Phi) is 3.72. The first kappa shape index (κ1) is 12.3. The number of nitrogens with one attached hydrogen (secondary N) is 1. The zero-order chi connectivity index (χ0) is 13.0. The van der Waals surface area contributed by atoms with E-state index in [1.165, 1.54) is 5.56 Å². The van der Waals surface area contributed by atoms with E-state index in [0.29, 0.717) is 12.3 Å². The molecule has 2 rings (SSSR count). The molecule has 0 aliphatic carbocycles. The van der Waals surface area contributed by atoms with Crippen molar-refractivity contribution in [1.82, 2.24) is 0 Å². The van der Waals surface area contributed by atoms with Gasteiger partial charge in [0.15, 0.2) is 0 Å². The van der Waals surface area contributed by atoms with Crippen LogP contribution in [0.4, 0.5) is 17.1 Å². The summed E-state index contributed by atoms with van der Waals surface area (Å²) in [4.78, 5) is 0. The molecule has 0 amide bonds. The van der Waals surface area contributed by atoms with Crippen molar-refractivity contribution in [3.05, 3.63) is 48.0 Å². The quantitative estimate of drug-likeness (QED) is 0.803. The number of rotatable bonds is 4. The Morgan fingerprint density at radius 2 is 1.94 bits per heavy atom. The molecule has 18 heavy (non-hydrogen) atoms. The van der Waals surface area contributed by atoms with Crippen LogP contribution in [-0.4, -0.2) is 6.61 Å². The summed E-state index contributed by atoms with van der Waals surface area (Å²) in [5.74, 6) is 0.718. The highest BCUT2D eigenvalue weighted by Crippen LogP contribution is 2.31. The summed E-state index contributed by atoms with van der Waals surface area (Å²) in [6.07, 6.45) is 0. The molecule has 3 nitrogen and oxygen atoms in total. The van der Waals surface area contributed by atoms with E-state index in [1.807, 2.05) is 37.3 Å². The van der Waals surface area contributed by atoms with Crippen molar-refractivity contribution >= 4 is 17.1 Å². The third-order valence-corrected chi connectivity index (χ3v) is 2.66. The summed E-state index contributed by atoms with van der Waals surface area (Å²) in [5, 5.41) is 3.31. The number of hydrogen-bond acceptors (Lipinski definition) is 3. The van der Waals surface area contributed by atoms with Crippen molar-refractivity contribution in [3.8, 4) is 5.75 Å². The predicted molar refractivity (Wildman–Crippen MR) is 76.5 cm³/mol. The Bertz CT molecular complexity index is 538. The lowest BCUT2D eigenvalue weighted by molar-refractivity contribution is 0.342. The van der Waals surface area contributed by atoms with E-state index >= 15 is 0 Å². The van der Waals surface area contributed by atoms with Crippen LogP contribution in [0.2, 0.25) is 0 Å². The maximum Gasteiger partial charge on any atom is 0.144 e. The summed E-state index contributed by atoms with van der Waals surface area (Å²) < 4.78 is 5.47. The molecule has 0 saturated heterocycles. The van der Waals surface area contributed by atoms with Gasteiger partial charge in [-0.05, 0) is 43.7 Å². The fraction of sp³-hybridized carbons (Fsp3) is 0.200. The van der Waals surface area contributed by atoms with Crippen LogP contribution in [-0.2, 0) is 0 Å². The third-order valence-electron chi connectivity index (χ3n) is 2.66. The van der Waals surface area contributed by atoms with E-state index in [-0.39, 0.29) is 0 Å². The predicted octanol–water partition coefficient (Wildman–Crippen LogP) is 3.72. The Morgan fingerprint density at radius 3 is 2.67 bits per heavy atom. The summed E-state index contributed by atoms with van der Waals surface area (Å²) in [5.41, 5.74) is 9.81. The zero-order valence-electron chi connectivity index (χ0n) is 10.7. The molecule has 0 saturated carbocycles. The van der Waals surface area contributed by atoms with Crippen molar-refractivity contribution in [1.29, 1.82) is 0 Å². The van der Waals surface area contributed by atoms with Gasteiger partial charge in [0, 0.05) is 5.69 Å². The van der Waals surface area contributed by atoms with Crippen molar-refractivity contribution in [3.63, 3.8) is 0 Å². The zero-order valence-corrected chi connectivity index (χ0v) is 10.7. The topological polar surface area (TPSA) is 47.3 Å². The Morgan fingerprint density at radius 1 is 1.17 bits per heavy atom. The highest BCUT2D eigenvalue weighted by molar-refractivity contribution is 5.77. The van der Waals surface area contributed by atoms with Gasteiger partial charge in [0.05, 0.1) is 18.0 Å². The number of para-hydroxylation sites is 1. The van der Waals surface area contributed by atoms with Gasteiger partial charge < -0.3 is 15.8 Å². The number of hydrogen-bond donors (Lipinski definition) is 2. The average molecular weight is 242 g/mol. The van der Waals surface area contributed by atoms with E-state index in [2.05, 4.69) is 24.4 Å². The lowest BCUT2D eigenvalue weighted by Crippen LogP contribution is -2.01. The second-order valence-corrected chi connectivity index (χ2v) is 4.14. The van der Waals surface area contributed by atoms with Gasteiger partial charge in [0.2, 0.25) is 0 Å². The van der Waals surface area contributed by atoms with Crippen LogP contribution in [0.3, 0.4) is 0 Å². The van der Waals surface area contributed by atoms with Crippen LogP contribution in [0, 0.1) is 6.92 Å². The van der Waals surface area contributed by atoms with Crippen molar-refractivity contribution < 1.29 is 4.74 Å². The Labute approximate surface area is 108 Å². The number of nitrogens with two attached hydrogens (primary N) is 1. The minimum atomic E-state index is 0.609. The molecule has 0 bridgehead atoms. The molecular formula is C15H18N2O. The smallest absolute Gasteiger partial charge is 0.144 e. The molecule has 0 aliphatic rings. The highest BCUT2D eigenvalue weighted by Gasteiger charge is 2.05. The normalized spacial score (nSPS) is 10.1. The van der Waals surface area contributed by atoms with E-state index in [0.717, 1.165) is 17.1 Å². The number of benzene rings is 2. The van der Waals surface area contributed by atoms with Crippen molar-refractivity contribution in [2.45, 2.75) is 13.8 Å². The molecule has 0 unspecified atom stereocenters. The first-order valence-corrected chi connectivity index (χ1v) is 6.05. The maximum absolute atomic E-state index is 6.07. The molecule has 3 N–H and O–H groups in total. The summed E-state index contributed by atoms with van der Waals surface area (Å²) in [7, 11) is 0. The Balaban J connectivity index is 2.26. The third kappa shape index (κ3) is 2.74. The molecule has 0 spiro atoms. The molecular weight excluding hydrogens is 224 g/mol. The van der Waals surface area contributed by atoms with Gasteiger partial charge in [-0.2, -0.15) is 0 Å². The summed E-state index contributed by atoms with van der Waals surface area (Å²) in [6.45, 7) is 4.61. The van der Waals surface area contributed by atoms with Crippen LogP contribution in [0.1, 0.15) is 12.5 Å². The van der Waals surface area contributed by atoms with E-state index in [9.17, 15) is 0 Å². The van der Waals surface area contributed by atoms with Crippen molar-refractivity contribution in [2.75, 3.05) is 17.7 Å². The van der Waals surface area contributed by atoms with E-state index in [4.69, 9.17) is 10.5 Å². The molecule has 0 aliphatic heterocycles. The first-order chi connectivity index (χ1) is 8.70. The van der Waals surface area contributed by atoms with Gasteiger partial charge >= 0.3 is 0 Å². The van der Waals surface area contributed by atoms with Gasteiger partial charge in [-0.25, -0.2) is 0 Å². The SMILES string of the molecule is CCOc1cccc(Nc2cccc(C)c2)c1N. The van der Waals surface area contributed by atoms with E-state index < -0.39 is 0 Å². The van der Waals surface area contributed by atoms with Gasteiger partial charge in [-0.15, -0.1) is 0 Å². The number of anilines is 3. The van der Waals surface area contributed by atoms with Crippen LogP contribution in [0.5, 0.6) is 5.75 Å². The second kappa shape index (κ2) is 5.45. The van der Waals surface area contributed by atoms with E-state index in [1.54, 1.807) is 0 Å². The fourth-order valence-electron chi connectivity index (χ4n) is 1.81. The molecule has 2 aromatic carbocycles. The largest absolute Gasteiger partial charge is 0.492 e. The fourth-order valence-corrected chi connectivity index (χ4v) is 1.81. The number of aryl methyl sites for hydroxylation is 1. The molecule has 3 heteroatoms. The Hall–Kier alpha value is -2.16. The standard InChI is InChI=1S/C15H18N2O/c1-3-18-14-9-5-8-13(15(14)16)17-12-7-4-6-11(2)10-12/h4-10,17H,3,16H2,1-2H3. The molecule has 94 valence electrons. The summed E-state index contributed by atoms with van der Waals surface area (Å²) >= 11 is 0. The molecule has 2 aromatic rings. The van der Waals surface area contributed by atoms with Crippen molar-refractivity contribution in [2.24, 2.45) is 0 Å². The molecule has 0 fully saturated rings. The van der Waals surface area contributed by atoms with Crippen LogP contribution in [0.25, 0.3) is 0 Å². The van der Waals surface area contributed by atoms with Gasteiger partial charge in [0.1, 0.15) is 5.75 Å². The minimum Gasteiger partial charge on any atom is -0.492 e. The minimum absolute atomic E-state index is 0.609. The van der Waals surface area contributed by atoms with Gasteiger partial charge in [-0.3, -0.25) is 0 Å². The number of ether oxygens (including phenoxy) is 1. The lowest BCUT2D eigenvalue weighted by atomic mass is 10.2. The van der Waals surface area contributed by atoms with Crippen LogP contribution < -0.4 is 15.8 Å². The lowest BCUT2D eigenvalue weighted by Gasteiger charge is -2.13. The average Bonchev–Trinajstić information content (AvgIpc) is 2.35. The number of nitrogen functional groups attached to an aromatic ring is 1. The second-order valence-electron chi connectivity index (χ2n) is 4.14.